The summed E-state index contributed by atoms with van der Waals surface area (Å²) < 4.78 is 30.6. The Labute approximate surface area is 134 Å². The Balaban J connectivity index is 1.95. The van der Waals surface area contributed by atoms with Crippen LogP contribution in [0.2, 0.25) is 0 Å². The first-order valence-corrected chi connectivity index (χ1v) is 7.66. The third kappa shape index (κ3) is 4.79. The molecule has 2 rings (SSSR count). The van der Waals surface area contributed by atoms with Gasteiger partial charge in [0.15, 0.2) is 0 Å². The maximum absolute atomic E-state index is 12.8. The van der Waals surface area contributed by atoms with Crippen LogP contribution in [0.5, 0.6) is 0 Å². The number of methoxy groups -OCH3 is 1. The van der Waals surface area contributed by atoms with Crippen molar-refractivity contribution < 1.29 is 18.3 Å². The third-order valence-corrected chi connectivity index (χ3v) is 3.95. The second kappa shape index (κ2) is 7.59. The predicted octanol–water partition coefficient (Wildman–Crippen LogP) is 2.91. The zero-order chi connectivity index (χ0) is 16.9. The zero-order valence-corrected chi connectivity index (χ0v) is 13.4. The van der Waals surface area contributed by atoms with Crippen molar-refractivity contribution in [2.75, 3.05) is 38.1 Å². The maximum atomic E-state index is 12.8. The number of benzene rings is 1. The molecule has 7 heteroatoms. The fraction of sp³-hybridized carbons (Fsp3) is 0.562. The summed E-state index contributed by atoms with van der Waals surface area (Å²) in [7, 11) is 3.14. The second-order valence-electron chi connectivity index (χ2n) is 5.79. The van der Waals surface area contributed by atoms with Crippen LogP contribution in [0.3, 0.4) is 0 Å². The second-order valence-corrected chi connectivity index (χ2v) is 5.79. The molecule has 1 aromatic carbocycles. The minimum atomic E-state index is -2.48. The van der Waals surface area contributed by atoms with E-state index in [2.05, 4.69) is 16.0 Å². The highest BCUT2D eigenvalue weighted by Gasteiger charge is 2.44. The molecule has 0 unspecified atom stereocenters. The molecule has 1 aliphatic carbocycles. The van der Waals surface area contributed by atoms with Gasteiger partial charge in [0.2, 0.25) is 5.92 Å². The Morgan fingerprint density at radius 1 is 1.35 bits per heavy atom. The van der Waals surface area contributed by atoms with E-state index in [4.69, 9.17) is 4.74 Å². The topological polar surface area (TPSA) is 62.4 Å². The van der Waals surface area contributed by atoms with E-state index in [9.17, 15) is 13.6 Å². The van der Waals surface area contributed by atoms with Gasteiger partial charge in [0, 0.05) is 44.9 Å². The molecule has 0 atom stereocenters. The van der Waals surface area contributed by atoms with Crippen molar-refractivity contribution in [3.63, 3.8) is 0 Å². The third-order valence-electron chi connectivity index (χ3n) is 3.95. The molecule has 1 amide bonds. The van der Waals surface area contributed by atoms with Crippen molar-refractivity contribution in [2.45, 2.75) is 25.2 Å². The summed E-state index contributed by atoms with van der Waals surface area (Å²) in [5, 5.41) is 8.80. The molecule has 5 nitrogen and oxygen atoms in total. The van der Waals surface area contributed by atoms with Crippen LogP contribution in [0, 0.1) is 5.92 Å². The van der Waals surface area contributed by atoms with Gasteiger partial charge in [-0.2, -0.15) is 0 Å². The van der Waals surface area contributed by atoms with Crippen LogP contribution in [0.15, 0.2) is 18.2 Å². The predicted molar refractivity (Wildman–Crippen MR) is 86.1 cm³/mol. The minimum absolute atomic E-state index is 0.0309. The van der Waals surface area contributed by atoms with E-state index < -0.39 is 5.92 Å². The van der Waals surface area contributed by atoms with Gasteiger partial charge < -0.3 is 20.7 Å². The number of carbonyl (C=O) groups is 1. The van der Waals surface area contributed by atoms with Crippen molar-refractivity contribution in [2.24, 2.45) is 5.92 Å². The molecular weight excluding hydrogens is 304 g/mol. The van der Waals surface area contributed by atoms with E-state index in [0.717, 1.165) is 5.69 Å². The Morgan fingerprint density at radius 2 is 2.09 bits per heavy atom. The zero-order valence-electron chi connectivity index (χ0n) is 13.4. The van der Waals surface area contributed by atoms with Crippen LogP contribution >= 0.6 is 0 Å². The highest BCUT2D eigenvalue weighted by atomic mass is 19.3. The van der Waals surface area contributed by atoms with Gasteiger partial charge in [-0.05, 0) is 30.5 Å². The summed E-state index contributed by atoms with van der Waals surface area (Å²) in [6.45, 7) is 0.908. The molecule has 0 aromatic heterocycles. The molecule has 128 valence electrons. The fourth-order valence-corrected chi connectivity index (χ4v) is 2.69. The van der Waals surface area contributed by atoms with Gasteiger partial charge in [0.05, 0.1) is 5.56 Å². The number of nitrogens with one attached hydrogen (secondary N) is 3. The van der Waals surface area contributed by atoms with Crippen LogP contribution in [-0.2, 0) is 4.74 Å². The van der Waals surface area contributed by atoms with Crippen LogP contribution in [0.1, 0.15) is 29.6 Å². The molecule has 1 aromatic rings. The molecule has 0 radical (unpaired) electrons. The summed E-state index contributed by atoms with van der Waals surface area (Å²) >= 11 is 0. The molecular formula is C16H23F2N3O2. The van der Waals surface area contributed by atoms with E-state index in [0.29, 0.717) is 30.9 Å². The molecule has 0 aliphatic heterocycles. The molecule has 0 saturated heterocycles. The fourth-order valence-electron chi connectivity index (χ4n) is 2.69. The largest absolute Gasteiger partial charge is 0.384 e. The number of amides is 1. The lowest BCUT2D eigenvalue weighted by molar-refractivity contribution is -0.111. The summed E-state index contributed by atoms with van der Waals surface area (Å²) in [6.07, 6.45) is 0.611. The molecule has 23 heavy (non-hydrogen) atoms. The summed E-state index contributed by atoms with van der Waals surface area (Å²) in [5.74, 6) is -2.63. The summed E-state index contributed by atoms with van der Waals surface area (Å²) in [6, 6.07) is 5.38. The normalized spacial score (nSPS) is 16.5. The Hall–Kier alpha value is -1.89. The van der Waals surface area contributed by atoms with E-state index in [-0.39, 0.29) is 24.7 Å². The quantitative estimate of drug-likeness (QED) is 0.643. The monoisotopic (exact) mass is 327 g/mol. The van der Waals surface area contributed by atoms with Crippen molar-refractivity contribution >= 4 is 17.3 Å². The van der Waals surface area contributed by atoms with E-state index in [1.54, 1.807) is 26.3 Å². The molecule has 0 heterocycles. The highest BCUT2D eigenvalue weighted by molar-refractivity contribution is 6.00. The van der Waals surface area contributed by atoms with Gasteiger partial charge in [-0.25, -0.2) is 8.78 Å². The van der Waals surface area contributed by atoms with Crippen LogP contribution in [-0.4, -0.2) is 39.3 Å². The van der Waals surface area contributed by atoms with Gasteiger partial charge >= 0.3 is 0 Å². The van der Waals surface area contributed by atoms with Crippen molar-refractivity contribution in [1.82, 2.24) is 5.32 Å². The van der Waals surface area contributed by atoms with Crippen molar-refractivity contribution in [3.05, 3.63) is 23.8 Å². The van der Waals surface area contributed by atoms with Crippen molar-refractivity contribution in [3.8, 4) is 0 Å². The minimum Gasteiger partial charge on any atom is -0.384 e. The van der Waals surface area contributed by atoms with Gasteiger partial charge in [-0.3, -0.25) is 4.79 Å². The van der Waals surface area contributed by atoms with Crippen LogP contribution < -0.4 is 16.0 Å². The van der Waals surface area contributed by atoms with E-state index in [1.165, 1.54) is 0 Å². The molecule has 3 N–H and O–H groups in total. The molecule has 1 saturated carbocycles. The number of anilines is 2. The lowest BCUT2D eigenvalue weighted by Gasteiger charge is -2.35. The first-order valence-electron chi connectivity index (χ1n) is 7.66. The molecule has 1 aliphatic rings. The average molecular weight is 327 g/mol. The van der Waals surface area contributed by atoms with E-state index in [1.807, 2.05) is 6.07 Å². The number of hydrogen-bond donors (Lipinski definition) is 3. The van der Waals surface area contributed by atoms with Gasteiger partial charge in [-0.15, -0.1) is 0 Å². The number of alkyl halides is 2. The maximum Gasteiger partial charge on any atom is 0.253 e. The van der Waals surface area contributed by atoms with Gasteiger partial charge in [-0.1, -0.05) is 0 Å². The molecule has 0 spiro atoms. The smallest absolute Gasteiger partial charge is 0.253 e. The highest BCUT2D eigenvalue weighted by Crippen LogP contribution is 2.43. The summed E-state index contributed by atoms with van der Waals surface area (Å²) in [5.41, 5.74) is 1.97. The first kappa shape index (κ1) is 17.5. The van der Waals surface area contributed by atoms with Crippen LogP contribution in [0.4, 0.5) is 20.2 Å². The van der Waals surface area contributed by atoms with Crippen LogP contribution in [0.25, 0.3) is 0 Å². The first-order chi connectivity index (χ1) is 10.9. The van der Waals surface area contributed by atoms with Crippen molar-refractivity contribution in [1.29, 1.82) is 0 Å². The van der Waals surface area contributed by atoms with Gasteiger partial charge in [0.1, 0.15) is 6.73 Å². The number of hydrogen-bond acceptors (Lipinski definition) is 4. The molecule has 1 fully saturated rings. The Bertz CT molecular complexity index is 544. The molecule has 0 bridgehead atoms. The Kier molecular flexibility index (Phi) is 5.76. The van der Waals surface area contributed by atoms with Gasteiger partial charge in [0.25, 0.3) is 5.91 Å². The summed E-state index contributed by atoms with van der Waals surface area (Å²) in [4.78, 5) is 12.0. The number of ether oxygens (including phenoxy) is 1. The SMILES string of the molecule is CNC(=O)c1cc(NCOC)ccc1NCCC1CC(F)(F)C1. The number of rotatable bonds is 8. The standard InChI is InChI=1S/C16H23F2N3O2/c1-19-15(22)13-7-12(21-10-23-2)3-4-14(13)20-6-5-11-8-16(17,18)9-11/h3-4,7,11,20-21H,5-6,8-10H2,1-2H3,(H,19,22). The number of carbonyl (C=O) groups excluding carboxylic acids is 1. The Morgan fingerprint density at radius 3 is 2.70 bits per heavy atom. The lowest BCUT2D eigenvalue weighted by atomic mass is 9.79. The lowest BCUT2D eigenvalue weighted by Crippen LogP contribution is -2.36. The average Bonchev–Trinajstić information content (AvgIpc) is 2.51. The number of halogens is 2. The van der Waals surface area contributed by atoms with E-state index >= 15 is 0 Å².